The minimum Gasteiger partial charge on any atom is -0.497 e. The van der Waals surface area contributed by atoms with Crippen LogP contribution in [0.4, 0.5) is 4.39 Å². The van der Waals surface area contributed by atoms with E-state index in [9.17, 15) is 4.39 Å². The van der Waals surface area contributed by atoms with Gasteiger partial charge in [0.1, 0.15) is 11.6 Å². The van der Waals surface area contributed by atoms with Gasteiger partial charge in [-0.1, -0.05) is 13.0 Å². The molecule has 1 aromatic carbocycles. The number of nitrogens with one attached hydrogen (secondary N) is 1. The molecule has 1 N–H and O–H groups in total. The van der Waals surface area contributed by atoms with Crippen LogP contribution in [0.2, 0.25) is 0 Å². The van der Waals surface area contributed by atoms with Crippen molar-refractivity contribution in [1.82, 2.24) is 15.1 Å². The molecular formula is C15H19BrFN3O. The van der Waals surface area contributed by atoms with Crippen LogP contribution in [-0.4, -0.2) is 23.9 Å². The summed E-state index contributed by atoms with van der Waals surface area (Å²) >= 11 is 3.51. The number of halogens is 2. The van der Waals surface area contributed by atoms with Crippen molar-refractivity contribution in [2.45, 2.75) is 25.9 Å². The first-order chi connectivity index (χ1) is 10.1. The first kappa shape index (κ1) is 16.0. The third-order valence-corrected chi connectivity index (χ3v) is 3.96. The Morgan fingerprint density at radius 1 is 1.48 bits per heavy atom. The molecule has 0 bridgehead atoms. The molecular weight excluding hydrogens is 337 g/mol. The van der Waals surface area contributed by atoms with Crippen molar-refractivity contribution in [1.29, 1.82) is 0 Å². The van der Waals surface area contributed by atoms with Crippen molar-refractivity contribution in [3.05, 3.63) is 45.9 Å². The van der Waals surface area contributed by atoms with Gasteiger partial charge in [0.25, 0.3) is 0 Å². The van der Waals surface area contributed by atoms with Gasteiger partial charge in [-0.05, 0) is 35.5 Å². The van der Waals surface area contributed by atoms with E-state index in [1.807, 2.05) is 11.7 Å². The third-order valence-electron chi connectivity index (χ3n) is 3.35. The van der Waals surface area contributed by atoms with Crippen molar-refractivity contribution >= 4 is 15.9 Å². The Morgan fingerprint density at radius 2 is 2.24 bits per heavy atom. The summed E-state index contributed by atoms with van der Waals surface area (Å²) in [5.74, 6) is 0.206. The van der Waals surface area contributed by atoms with Gasteiger partial charge in [0.15, 0.2) is 0 Å². The molecule has 0 aliphatic carbocycles. The lowest BCUT2D eigenvalue weighted by Gasteiger charge is -2.20. The van der Waals surface area contributed by atoms with Crippen LogP contribution >= 0.6 is 15.9 Å². The number of nitrogens with zero attached hydrogens (tertiary/aromatic N) is 2. The van der Waals surface area contributed by atoms with Gasteiger partial charge >= 0.3 is 0 Å². The smallest absolute Gasteiger partial charge is 0.132 e. The second-order valence-electron chi connectivity index (χ2n) is 4.71. The number of benzene rings is 1. The summed E-state index contributed by atoms with van der Waals surface area (Å²) in [6.07, 6.45) is 2.71. The molecule has 0 fully saturated rings. The minimum atomic E-state index is -0.301. The molecule has 0 saturated heterocycles. The average molecular weight is 356 g/mol. The molecule has 1 heterocycles. The Morgan fingerprint density at radius 3 is 2.81 bits per heavy atom. The topological polar surface area (TPSA) is 39.1 Å². The SMILES string of the molecule is CCCn1ncc(Br)c1C(NC)c1ccc(OC)cc1F. The van der Waals surface area contributed by atoms with Crippen LogP contribution in [-0.2, 0) is 6.54 Å². The van der Waals surface area contributed by atoms with Gasteiger partial charge in [-0.3, -0.25) is 4.68 Å². The fraction of sp³-hybridized carbons (Fsp3) is 0.400. The molecule has 0 spiro atoms. The first-order valence-electron chi connectivity index (χ1n) is 6.84. The lowest BCUT2D eigenvalue weighted by Crippen LogP contribution is -2.23. The summed E-state index contributed by atoms with van der Waals surface area (Å²) in [4.78, 5) is 0. The molecule has 4 nitrogen and oxygen atoms in total. The number of aromatic nitrogens is 2. The Labute approximate surface area is 132 Å². The van der Waals surface area contributed by atoms with Crippen LogP contribution in [0.3, 0.4) is 0 Å². The highest BCUT2D eigenvalue weighted by Crippen LogP contribution is 2.31. The van der Waals surface area contributed by atoms with E-state index in [1.165, 1.54) is 13.2 Å². The van der Waals surface area contributed by atoms with E-state index in [0.717, 1.165) is 23.1 Å². The standard InChI is InChI=1S/C15H19BrFN3O/c1-4-7-20-15(12(16)9-19-20)14(18-2)11-6-5-10(21-3)8-13(11)17/h5-6,8-9,14,18H,4,7H2,1-3H3. The zero-order valence-electron chi connectivity index (χ0n) is 12.4. The number of aryl methyl sites for hydroxylation is 1. The van der Waals surface area contributed by atoms with Crippen molar-refractivity contribution in [3.8, 4) is 5.75 Å². The van der Waals surface area contributed by atoms with Crippen molar-refractivity contribution in [3.63, 3.8) is 0 Å². The van der Waals surface area contributed by atoms with Crippen LogP contribution in [0.1, 0.15) is 30.6 Å². The summed E-state index contributed by atoms with van der Waals surface area (Å²) in [5, 5.41) is 7.51. The number of hydrogen-bond acceptors (Lipinski definition) is 3. The van der Waals surface area contributed by atoms with E-state index in [0.29, 0.717) is 11.3 Å². The molecule has 0 saturated carbocycles. The predicted octanol–water partition coefficient (Wildman–Crippen LogP) is 3.51. The summed E-state index contributed by atoms with van der Waals surface area (Å²) < 4.78 is 22.2. The van der Waals surface area contributed by atoms with Gasteiger partial charge < -0.3 is 10.1 Å². The molecule has 6 heteroatoms. The predicted molar refractivity (Wildman–Crippen MR) is 84.1 cm³/mol. The molecule has 1 unspecified atom stereocenters. The second-order valence-corrected chi connectivity index (χ2v) is 5.56. The maximum absolute atomic E-state index is 14.4. The van der Waals surface area contributed by atoms with Crippen LogP contribution in [0.5, 0.6) is 5.75 Å². The lowest BCUT2D eigenvalue weighted by atomic mass is 10.0. The highest BCUT2D eigenvalue weighted by molar-refractivity contribution is 9.10. The zero-order chi connectivity index (χ0) is 15.4. The maximum Gasteiger partial charge on any atom is 0.132 e. The molecule has 2 aromatic rings. The molecule has 1 aromatic heterocycles. The molecule has 1 atom stereocenters. The summed E-state index contributed by atoms with van der Waals surface area (Å²) in [6, 6.07) is 4.62. The van der Waals surface area contributed by atoms with Gasteiger partial charge in [0.2, 0.25) is 0 Å². The Balaban J connectivity index is 2.47. The van der Waals surface area contributed by atoms with E-state index in [1.54, 1.807) is 18.3 Å². The third kappa shape index (κ3) is 3.27. The van der Waals surface area contributed by atoms with E-state index in [4.69, 9.17) is 4.74 Å². The van der Waals surface area contributed by atoms with Gasteiger partial charge in [0, 0.05) is 18.2 Å². The van der Waals surface area contributed by atoms with Crippen LogP contribution < -0.4 is 10.1 Å². The molecule has 114 valence electrons. The van der Waals surface area contributed by atoms with Crippen molar-refractivity contribution in [2.24, 2.45) is 0 Å². The molecule has 0 aliphatic rings. The molecule has 21 heavy (non-hydrogen) atoms. The summed E-state index contributed by atoms with van der Waals surface area (Å²) in [5.41, 5.74) is 1.49. The monoisotopic (exact) mass is 355 g/mol. The zero-order valence-corrected chi connectivity index (χ0v) is 13.9. The van der Waals surface area contributed by atoms with Crippen LogP contribution in [0.15, 0.2) is 28.9 Å². The molecule has 0 amide bonds. The molecule has 0 radical (unpaired) electrons. The number of hydrogen-bond donors (Lipinski definition) is 1. The van der Waals surface area contributed by atoms with Crippen LogP contribution in [0, 0.1) is 5.82 Å². The van der Waals surface area contributed by atoms with E-state index < -0.39 is 0 Å². The van der Waals surface area contributed by atoms with Crippen LogP contribution in [0.25, 0.3) is 0 Å². The second kappa shape index (κ2) is 7.04. The summed E-state index contributed by atoms with van der Waals surface area (Å²) in [7, 11) is 3.33. The largest absolute Gasteiger partial charge is 0.497 e. The number of methoxy groups -OCH3 is 1. The summed E-state index contributed by atoms with van der Waals surface area (Å²) in [6.45, 7) is 2.87. The molecule has 0 aliphatic heterocycles. The molecule has 2 rings (SSSR count). The Hall–Kier alpha value is -1.40. The van der Waals surface area contributed by atoms with Gasteiger partial charge in [-0.25, -0.2) is 4.39 Å². The maximum atomic E-state index is 14.4. The van der Waals surface area contributed by atoms with Gasteiger partial charge in [-0.15, -0.1) is 0 Å². The number of ether oxygens (including phenoxy) is 1. The fourth-order valence-corrected chi connectivity index (χ4v) is 2.88. The quantitative estimate of drug-likeness (QED) is 0.861. The normalized spacial score (nSPS) is 12.4. The minimum absolute atomic E-state index is 0.278. The van der Waals surface area contributed by atoms with E-state index >= 15 is 0 Å². The fourth-order valence-electron chi connectivity index (χ4n) is 2.36. The van der Waals surface area contributed by atoms with Gasteiger partial charge in [0.05, 0.1) is 29.5 Å². The van der Waals surface area contributed by atoms with E-state index in [2.05, 4.69) is 33.3 Å². The first-order valence-corrected chi connectivity index (χ1v) is 7.63. The number of rotatable bonds is 6. The average Bonchev–Trinajstić information content (AvgIpc) is 2.83. The Bertz CT molecular complexity index is 615. The highest BCUT2D eigenvalue weighted by atomic mass is 79.9. The van der Waals surface area contributed by atoms with E-state index in [-0.39, 0.29) is 11.9 Å². The van der Waals surface area contributed by atoms with Crippen molar-refractivity contribution in [2.75, 3.05) is 14.2 Å². The van der Waals surface area contributed by atoms with Crippen molar-refractivity contribution < 1.29 is 9.13 Å². The highest BCUT2D eigenvalue weighted by Gasteiger charge is 2.23. The van der Waals surface area contributed by atoms with Gasteiger partial charge in [-0.2, -0.15) is 5.10 Å². The Kier molecular flexibility index (Phi) is 5.36. The lowest BCUT2D eigenvalue weighted by molar-refractivity contribution is 0.409.